The number of nitro groups is 1. The molecule has 0 radical (unpaired) electrons. The van der Waals surface area contributed by atoms with Crippen molar-refractivity contribution in [3.8, 4) is 0 Å². The lowest BCUT2D eigenvalue weighted by Gasteiger charge is -1.99. The van der Waals surface area contributed by atoms with Crippen molar-refractivity contribution in [3.63, 3.8) is 0 Å². The molecule has 0 N–H and O–H groups in total. The van der Waals surface area contributed by atoms with Gasteiger partial charge in [-0.15, -0.1) is 0 Å². The summed E-state index contributed by atoms with van der Waals surface area (Å²) in [5.41, 5.74) is -0.230. The molecule has 8 heteroatoms. The van der Waals surface area contributed by atoms with Gasteiger partial charge >= 0.3 is 11.8 Å². The van der Waals surface area contributed by atoms with Crippen molar-refractivity contribution in [1.82, 2.24) is 0 Å². The fourth-order valence-corrected chi connectivity index (χ4v) is 1.70. The van der Waals surface area contributed by atoms with Crippen molar-refractivity contribution < 1.29 is 14.5 Å². The van der Waals surface area contributed by atoms with Crippen LogP contribution >= 0.6 is 15.9 Å². The van der Waals surface area contributed by atoms with Gasteiger partial charge < -0.3 is 0 Å². The third kappa shape index (κ3) is 1.63. The summed E-state index contributed by atoms with van der Waals surface area (Å²) in [6.07, 6.45) is 0. The number of benzene rings is 1. The minimum atomic E-state index is -1.03. The van der Waals surface area contributed by atoms with Gasteiger partial charge in [-0.05, 0) is 15.9 Å². The van der Waals surface area contributed by atoms with E-state index in [2.05, 4.69) is 25.9 Å². The van der Waals surface area contributed by atoms with Crippen LogP contribution in [0.3, 0.4) is 0 Å². The molecule has 0 aromatic heterocycles. The van der Waals surface area contributed by atoms with Gasteiger partial charge in [0.15, 0.2) is 0 Å². The van der Waals surface area contributed by atoms with Crippen LogP contribution in [0.4, 0.5) is 5.69 Å². The van der Waals surface area contributed by atoms with Crippen molar-refractivity contribution >= 4 is 33.4 Å². The highest BCUT2D eigenvalue weighted by Gasteiger charge is 2.19. The lowest BCUT2D eigenvalue weighted by atomic mass is 10.2. The molecule has 0 spiro atoms. The summed E-state index contributed by atoms with van der Waals surface area (Å²) in [5.74, 6) is -2.01. The number of hydrogen-bond donors (Lipinski definition) is 0. The first-order valence-electron chi connectivity index (χ1n) is 3.99. The lowest BCUT2D eigenvalue weighted by Crippen LogP contribution is -2.35. The number of rotatable bonds is 1. The molecule has 1 aromatic rings. The third-order valence-electron chi connectivity index (χ3n) is 1.86. The van der Waals surface area contributed by atoms with Crippen LogP contribution in [0.15, 0.2) is 26.6 Å². The van der Waals surface area contributed by atoms with Crippen molar-refractivity contribution in [2.45, 2.75) is 0 Å². The number of fused-ring (bicyclic) bond motifs is 1. The Morgan fingerprint density at radius 3 is 2.44 bits per heavy atom. The van der Waals surface area contributed by atoms with Crippen LogP contribution in [0.5, 0.6) is 0 Å². The Morgan fingerprint density at radius 1 is 1.19 bits per heavy atom. The SMILES string of the molecule is O=C1N=c2cc([N+](=O)[O-])cc(Br)c2=NC1=O. The average molecular weight is 284 g/mol. The monoisotopic (exact) mass is 283 g/mol. The van der Waals surface area contributed by atoms with Crippen LogP contribution in [0, 0.1) is 10.1 Å². The van der Waals surface area contributed by atoms with Crippen LogP contribution in [0.1, 0.15) is 0 Å². The maximum absolute atomic E-state index is 11.0. The van der Waals surface area contributed by atoms with Gasteiger partial charge in [-0.2, -0.15) is 0 Å². The largest absolute Gasteiger partial charge is 0.338 e. The second-order valence-electron chi connectivity index (χ2n) is 2.89. The van der Waals surface area contributed by atoms with Gasteiger partial charge in [0.1, 0.15) is 10.7 Å². The topological polar surface area (TPSA) is 102 Å². The molecule has 1 aromatic carbocycles. The molecule has 1 aliphatic heterocycles. The Bertz CT molecular complexity index is 652. The molecule has 7 nitrogen and oxygen atoms in total. The van der Waals surface area contributed by atoms with E-state index in [1.165, 1.54) is 6.07 Å². The van der Waals surface area contributed by atoms with Crippen LogP contribution in [-0.2, 0) is 9.59 Å². The first kappa shape index (κ1) is 10.6. The number of nitrogens with zero attached hydrogens (tertiary/aromatic N) is 3. The van der Waals surface area contributed by atoms with Gasteiger partial charge in [-0.3, -0.25) is 19.7 Å². The molecule has 80 valence electrons. The zero-order valence-electron chi connectivity index (χ0n) is 7.51. The Labute approximate surface area is 95.8 Å². The highest BCUT2D eigenvalue weighted by atomic mass is 79.9. The summed E-state index contributed by atoms with van der Waals surface area (Å²) >= 11 is 3.03. The molecule has 0 fully saturated rings. The third-order valence-corrected chi connectivity index (χ3v) is 2.46. The maximum atomic E-state index is 11.0. The van der Waals surface area contributed by atoms with Crippen LogP contribution < -0.4 is 10.7 Å². The lowest BCUT2D eigenvalue weighted by molar-refractivity contribution is -0.385. The molecule has 1 heterocycles. The zero-order valence-corrected chi connectivity index (χ0v) is 9.09. The molecular formula is C8H2BrN3O4. The van der Waals surface area contributed by atoms with E-state index >= 15 is 0 Å². The van der Waals surface area contributed by atoms with Gasteiger partial charge in [0.2, 0.25) is 0 Å². The predicted octanol–water partition coefficient (Wildman–Crippen LogP) is -0.337. The number of non-ortho nitro benzene ring substituents is 1. The van der Waals surface area contributed by atoms with Crippen molar-refractivity contribution in [3.05, 3.63) is 37.4 Å². The minimum Gasteiger partial charge on any atom is -0.261 e. The summed E-state index contributed by atoms with van der Waals surface area (Å²) in [6, 6.07) is 2.29. The minimum absolute atomic E-state index is 0.0191. The Balaban J connectivity index is 2.85. The van der Waals surface area contributed by atoms with Crippen molar-refractivity contribution in [2.24, 2.45) is 9.98 Å². The van der Waals surface area contributed by atoms with E-state index in [1.54, 1.807) is 0 Å². The maximum Gasteiger partial charge on any atom is 0.338 e. The molecule has 2 amide bonds. The Kier molecular flexibility index (Phi) is 2.35. The summed E-state index contributed by atoms with van der Waals surface area (Å²) in [4.78, 5) is 38.7. The van der Waals surface area contributed by atoms with Gasteiger partial charge in [-0.25, -0.2) is 9.98 Å². The number of carbonyl (C=O) groups excluding carboxylic acids is 2. The van der Waals surface area contributed by atoms with Crippen molar-refractivity contribution in [1.29, 1.82) is 0 Å². The first-order chi connectivity index (χ1) is 7.49. The second kappa shape index (κ2) is 3.56. The fourth-order valence-electron chi connectivity index (χ4n) is 1.18. The van der Waals surface area contributed by atoms with E-state index in [0.29, 0.717) is 0 Å². The molecule has 0 unspecified atom stereocenters. The number of amides is 2. The summed E-state index contributed by atoms with van der Waals surface area (Å²) < 4.78 is 0.251. The fraction of sp³-hybridized carbons (Fsp3) is 0. The molecule has 0 saturated carbocycles. The molecule has 0 aliphatic carbocycles. The molecule has 2 rings (SSSR count). The van der Waals surface area contributed by atoms with Gasteiger partial charge in [0.05, 0.1) is 9.40 Å². The number of hydrogen-bond acceptors (Lipinski definition) is 4. The van der Waals surface area contributed by atoms with E-state index in [4.69, 9.17) is 0 Å². The van der Waals surface area contributed by atoms with Crippen LogP contribution in [-0.4, -0.2) is 16.7 Å². The van der Waals surface area contributed by atoms with Gasteiger partial charge in [0, 0.05) is 12.1 Å². The summed E-state index contributed by atoms with van der Waals surface area (Å²) in [5, 5.41) is 10.7. The van der Waals surface area contributed by atoms with Gasteiger partial charge in [-0.1, -0.05) is 0 Å². The highest BCUT2D eigenvalue weighted by Crippen LogP contribution is 2.12. The molecule has 0 atom stereocenters. The average Bonchev–Trinajstić information content (AvgIpc) is 2.20. The smallest absolute Gasteiger partial charge is 0.261 e. The van der Waals surface area contributed by atoms with Crippen molar-refractivity contribution in [2.75, 3.05) is 0 Å². The second-order valence-corrected chi connectivity index (χ2v) is 3.74. The van der Waals surface area contributed by atoms with E-state index in [9.17, 15) is 19.7 Å². The van der Waals surface area contributed by atoms with E-state index in [1.807, 2.05) is 0 Å². The van der Waals surface area contributed by atoms with Crippen LogP contribution in [0.2, 0.25) is 0 Å². The standard InChI is InChI=1S/C8H2BrN3O4/c9-4-1-3(12(15)16)2-5-6(4)11-8(14)7(13)10-5/h1-2H. The van der Waals surface area contributed by atoms with Crippen LogP contribution in [0.25, 0.3) is 0 Å². The summed E-state index contributed by atoms with van der Waals surface area (Å²) in [7, 11) is 0. The Hall–Kier alpha value is -1.96. The van der Waals surface area contributed by atoms with E-state index in [-0.39, 0.29) is 20.9 Å². The van der Waals surface area contributed by atoms with E-state index in [0.717, 1.165) is 6.07 Å². The number of nitro benzene ring substituents is 1. The predicted molar refractivity (Wildman–Crippen MR) is 53.1 cm³/mol. The zero-order chi connectivity index (χ0) is 11.9. The first-order valence-corrected chi connectivity index (χ1v) is 4.78. The molecule has 1 aliphatic rings. The highest BCUT2D eigenvalue weighted by molar-refractivity contribution is 9.10. The number of carbonyl (C=O) groups is 2. The molecule has 0 saturated heterocycles. The normalized spacial score (nSPS) is 13.8. The quantitative estimate of drug-likeness (QED) is 0.400. The summed E-state index contributed by atoms with van der Waals surface area (Å²) in [6.45, 7) is 0. The molecule has 16 heavy (non-hydrogen) atoms. The van der Waals surface area contributed by atoms with E-state index < -0.39 is 16.7 Å². The molecule has 0 bridgehead atoms. The Morgan fingerprint density at radius 2 is 1.81 bits per heavy atom. The van der Waals surface area contributed by atoms with Gasteiger partial charge in [0.25, 0.3) is 5.69 Å². The number of halogens is 1. The molecular weight excluding hydrogens is 282 g/mol.